The standard InChI is InChI=1S/C14H11F5N4O3S/c1-27(25,26)23-7-5-3-2-4-6(7)20-14(24)22-21-13-11(18)9(16)8(15)10(17)12(13)19/h2-5,21,23H,1H3,(H2,20,22,24). The number of hydrazine groups is 1. The Kier molecular flexibility index (Phi) is 5.73. The largest absolute Gasteiger partial charge is 0.337 e. The summed E-state index contributed by atoms with van der Waals surface area (Å²) in [6.07, 6.45) is 0.870. The number of sulfonamides is 1. The van der Waals surface area contributed by atoms with E-state index in [1.807, 2.05) is 0 Å². The fourth-order valence-electron chi connectivity index (χ4n) is 1.87. The summed E-state index contributed by atoms with van der Waals surface area (Å²) in [5.74, 6) is -11.1. The molecule has 2 rings (SSSR count). The molecule has 0 fully saturated rings. The lowest BCUT2D eigenvalue weighted by atomic mass is 10.2. The van der Waals surface area contributed by atoms with E-state index in [1.165, 1.54) is 24.3 Å². The fraction of sp³-hybridized carbons (Fsp3) is 0.0714. The summed E-state index contributed by atoms with van der Waals surface area (Å²) in [5, 5.41) is 2.14. The smallest absolute Gasteiger partial charge is 0.305 e. The van der Waals surface area contributed by atoms with Gasteiger partial charge >= 0.3 is 6.03 Å². The molecule has 0 spiro atoms. The highest BCUT2D eigenvalue weighted by molar-refractivity contribution is 7.92. The Morgan fingerprint density at radius 1 is 0.852 bits per heavy atom. The van der Waals surface area contributed by atoms with Crippen LogP contribution in [0.25, 0.3) is 0 Å². The molecule has 2 aromatic rings. The van der Waals surface area contributed by atoms with Crippen molar-refractivity contribution in [1.29, 1.82) is 0 Å². The molecule has 0 aromatic heterocycles. The maximum absolute atomic E-state index is 13.5. The lowest BCUT2D eigenvalue weighted by molar-refractivity contribution is 0.253. The van der Waals surface area contributed by atoms with E-state index < -0.39 is 50.8 Å². The van der Waals surface area contributed by atoms with Crippen molar-refractivity contribution in [3.63, 3.8) is 0 Å². The Hall–Kier alpha value is -3.09. The second kappa shape index (κ2) is 7.65. The van der Waals surface area contributed by atoms with Gasteiger partial charge in [-0.2, -0.15) is 0 Å². The first-order valence-corrected chi connectivity index (χ1v) is 8.81. The van der Waals surface area contributed by atoms with Crippen molar-refractivity contribution in [3.8, 4) is 0 Å². The Balaban J connectivity index is 2.15. The molecular weight excluding hydrogens is 399 g/mol. The van der Waals surface area contributed by atoms with Gasteiger partial charge in [0.15, 0.2) is 23.3 Å². The number of para-hydroxylation sites is 2. The SMILES string of the molecule is CS(=O)(=O)Nc1ccccc1NC(=O)NNc1c(F)c(F)c(F)c(F)c1F. The molecule has 2 aromatic carbocycles. The molecule has 0 bridgehead atoms. The van der Waals surface area contributed by atoms with Gasteiger partial charge in [0.2, 0.25) is 15.8 Å². The Morgan fingerprint density at radius 3 is 1.85 bits per heavy atom. The van der Waals surface area contributed by atoms with Crippen molar-refractivity contribution in [3.05, 3.63) is 53.4 Å². The van der Waals surface area contributed by atoms with Gasteiger partial charge in [0.05, 0.1) is 17.6 Å². The van der Waals surface area contributed by atoms with Crippen LogP contribution in [0.5, 0.6) is 0 Å². The van der Waals surface area contributed by atoms with E-state index in [0.29, 0.717) is 0 Å². The first-order chi connectivity index (χ1) is 12.5. The van der Waals surface area contributed by atoms with Crippen LogP contribution in [-0.2, 0) is 10.0 Å². The van der Waals surface area contributed by atoms with E-state index in [9.17, 15) is 35.2 Å². The molecule has 0 aliphatic rings. The number of anilines is 3. The summed E-state index contributed by atoms with van der Waals surface area (Å²) in [6, 6.07) is 4.34. The molecule has 2 amide bonds. The third-order valence-corrected chi connectivity index (χ3v) is 3.57. The average Bonchev–Trinajstić information content (AvgIpc) is 2.58. The van der Waals surface area contributed by atoms with Gasteiger partial charge in [-0.25, -0.2) is 35.2 Å². The molecule has 0 unspecified atom stereocenters. The maximum atomic E-state index is 13.5. The molecule has 7 nitrogen and oxygen atoms in total. The highest BCUT2D eigenvalue weighted by Crippen LogP contribution is 2.26. The molecule has 0 saturated heterocycles. The van der Waals surface area contributed by atoms with Crippen LogP contribution in [0.4, 0.5) is 43.8 Å². The Labute approximate surface area is 149 Å². The van der Waals surface area contributed by atoms with Gasteiger partial charge in [-0.3, -0.25) is 15.6 Å². The van der Waals surface area contributed by atoms with Crippen molar-refractivity contribution >= 4 is 33.1 Å². The molecule has 13 heteroatoms. The predicted molar refractivity (Wildman–Crippen MR) is 86.9 cm³/mol. The van der Waals surface area contributed by atoms with E-state index in [2.05, 4.69) is 10.0 Å². The molecular formula is C14H11F5N4O3S. The zero-order valence-electron chi connectivity index (χ0n) is 13.3. The summed E-state index contributed by atoms with van der Waals surface area (Å²) in [5.41, 5.74) is 1.73. The van der Waals surface area contributed by atoms with E-state index in [1.54, 1.807) is 10.9 Å². The number of rotatable bonds is 5. The number of urea groups is 1. The lowest BCUT2D eigenvalue weighted by Crippen LogP contribution is -2.35. The molecule has 146 valence electrons. The highest BCUT2D eigenvalue weighted by Gasteiger charge is 2.26. The lowest BCUT2D eigenvalue weighted by Gasteiger charge is -2.14. The van der Waals surface area contributed by atoms with Gasteiger partial charge in [0.25, 0.3) is 0 Å². The van der Waals surface area contributed by atoms with Crippen molar-refractivity contribution in [2.24, 2.45) is 0 Å². The minimum Gasteiger partial charge on any atom is -0.305 e. The van der Waals surface area contributed by atoms with Crippen molar-refractivity contribution in [2.45, 2.75) is 0 Å². The number of carbonyl (C=O) groups is 1. The summed E-state index contributed by atoms with van der Waals surface area (Å²) in [7, 11) is -3.67. The molecule has 0 radical (unpaired) electrons. The van der Waals surface area contributed by atoms with Gasteiger partial charge in [0.1, 0.15) is 5.69 Å². The number of nitrogens with one attached hydrogen (secondary N) is 4. The second-order valence-corrected chi connectivity index (χ2v) is 6.82. The molecule has 0 saturated carbocycles. The van der Waals surface area contributed by atoms with E-state index in [-0.39, 0.29) is 11.4 Å². The molecule has 27 heavy (non-hydrogen) atoms. The van der Waals surface area contributed by atoms with E-state index in [4.69, 9.17) is 0 Å². The van der Waals surface area contributed by atoms with Gasteiger partial charge in [-0.15, -0.1) is 0 Å². The Morgan fingerprint density at radius 2 is 1.33 bits per heavy atom. The zero-order chi connectivity index (χ0) is 20.4. The number of hydrogen-bond donors (Lipinski definition) is 4. The van der Waals surface area contributed by atoms with Crippen LogP contribution < -0.4 is 20.9 Å². The highest BCUT2D eigenvalue weighted by atomic mass is 32.2. The van der Waals surface area contributed by atoms with Crippen LogP contribution in [0.15, 0.2) is 24.3 Å². The first kappa shape index (κ1) is 20.2. The van der Waals surface area contributed by atoms with Crippen molar-refractivity contribution < 1.29 is 35.2 Å². The van der Waals surface area contributed by atoms with Gasteiger partial charge in [0, 0.05) is 0 Å². The number of carbonyl (C=O) groups excluding carboxylic acids is 1. The van der Waals surface area contributed by atoms with Gasteiger partial charge < -0.3 is 5.32 Å². The summed E-state index contributed by atoms with van der Waals surface area (Å²) < 4.78 is 90.8. The molecule has 0 aliphatic carbocycles. The number of halogens is 5. The van der Waals surface area contributed by atoms with E-state index >= 15 is 0 Å². The third kappa shape index (κ3) is 4.75. The molecule has 0 atom stereocenters. The van der Waals surface area contributed by atoms with Crippen molar-refractivity contribution in [2.75, 3.05) is 21.7 Å². The first-order valence-electron chi connectivity index (χ1n) is 6.92. The van der Waals surface area contributed by atoms with Gasteiger partial charge in [-0.05, 0) is 12.1 Å². The zero-order valence-corrected chi connectivity index (χ0v) is 14.1. The second-order valence-electron chi connectivity index (χ2n) is 5.07. The van der Waals surface area contributed by atoms with Gasteiger partial charge in [-0.1, -0.05) is 12.1 Å². The monoisotopic (exact) mass is 410 g/mol. The van der Waals surface area contributed by atoms with E-state index in [0.717, 1.165) is 6.26 Å². The normalized spacial score (nSPS) is 11.0. The number of amides is 2. The van der Waals surface area contributed by atoms with Crippen molar-refractivity contribution in [1.82, 2.24) is 5.43 Å². The van der Waals surface area contributed by atoms with Crippen LogP contribution in [0.3, 0.4) is 0 Å². The Bertz CT molecular complexity index is 971. The molecule has 0 heterocycles. The summed E-state index contributed by atoms with van der Waals surface area (Å²) in [4.78, 5) is 11.8. The fourth-order valence-corrected chi connectivity index (χ4v) is 2.45. The van der Waals surface area contributed by atoms with Crippen LogP contribution in [-0.4, -0.2) is 20.7 Å². The third-order valence-electron chi connectivity index (χ3n) is 2.98. The topological polar surface area (TPSA) is 99.3 Å². The molecule has 0 aliphatic heterocycles. The molecule has 4 N–H and O–H groups in total. The summed E-state index contributed by atoms with van der Waals surface area (Å²) >= 11 is 0. The quantitative estimate of drug-likeness (QED) is 0.264. The minimum absolute atomic E-state index is 0.0219. The average molecular weight is 410 g/mol. The number of hydrogen-bond acceptors (Lipinski definition) is 4. The van der Waals surface area contributed by atoms with Crippen LogP contribution in [0.2, 0.25) is 0 Å². The van der Waals surface area contributed by atoms with Crippen LogP contribution in [0, 0.1) is 29.1 Å². The maximum Gasteiger partial charge on any atom is 0.337 e. The minimum atomic E-state index is -3.67. The number of benzene rings is 2. The van der Waals surface area contributed by atoms with Crippen LogP contribution in [0.1, 0.15) is 0 Å². The predicted octanol–water partition coefficient (Wildman–Crippen LogP) is 2.90. The van der Waals surface area contributed by atoms with Crippen LogP contribution >= 0.6 is 0 Å². The summed E-state index contributed by atoms with van der Waals surface area (Å²) in [6.45, 7) is 0.